The molecule has 0 radical (unpaired) electrons. The van der Waals surface area contributed by atoms with Crippen LogP contribution in [0, 0.1) is 0 Å². The molecular weight excluding hydrogens is 240 g/mol. The largest absolute Gasteiger partial charge is 0.451 e. The molecule has 102 valence electrons. The topological polar surface area (TPSA) is 46.5 Å². The van der Waals surface area contributed by atoms with E-state index in [4.69, 9.17) is 9.84 Å². The van der Waals surface area contributed by atoms with Gasteiger partial charge in [0.2, 0.25) is 0 Å². The van der Waals surface area contributed by atoms with Crippen LogP contribution in [-0.2, 0) is 16.0 Å². The minimum Gasteiger partial charge on any atom is -0.451 e. The van der Waals surface area contributed by atoms with Crippen molar-refractivity contribution in [2.45, 2.75) is 38.2 Å². The first kappa shape index (κ1) is 13.8. The third-order valence-corrected chi connectivity index (χ3v) is 3.48. The monoisotopic (exact) mass is 260 g/mol. The number of rotatable bonds is 6. The molecule has 1 N–H and O–H groups in total. The molecule has 0 bridgehead atoms. The summed E-state index contributed by atoms with van der Waals surface area (Å²) in [6.45, 7) is 2.07. The molecule has 0 aromatic heterocycles. The van der Waals surface area contributed by atoms with Crippen molar-refractivity contribution < 1.29 is 14.6 Å². The summed E-state index contributed by atoms with van der Waals surface area (Å²) in [6.07, 6.45) is 4.61. The van der Waals surface area contributed by atoms with Crippen LogP contribution in [0.2, 0.25) is 0 Å². The van der Waals surface area contributed by atoms with Gasteiger partial charge in [0.1, 0.15) is 5.60 Å². The van der Waals surface area contributed by atoms with Crippen LogP contribution in [0.3, 0.4) is 0 Å². The van der Waals surface area contributed by atoms with Gasteiger partial charge in [-0.25, -0.2) is 4.79 Å². The number of carbonyl (C=O) groups is 1. The molecule has 0 spiro atoms. The SMILES string of the molecule is CCC1=C[C@](CCCO)(Cc2ccccc2)OC1=O. The summed E-state index contributed by atoms with van der Waals surface area (Å²) in [6, 6.07) is 10.0. The molecule has 0 amide bonds. The van der Waals surface area contributed by atoms with Crippen molar-refractivity contribution in [1.29, 1.82) is 0 Å². The summed E-state index contributed by atoms with van der Waals surface area (Å²) in [5.41, 5.74) is 1.31. The Kier molecular flexibility index (Phi) is 4.38. The van der Waals surface area contributed by atoms with E-state index in [0.717, 1.165) is 11.1 Å². The molecular formula is C16H20O3. The van der Waals surface area contributed by atoms with Gasteiger partial charge in [0.05, 0.1) is 0 Å². The van der Waals surface area contributed by atoms with Gasteiger partial charge in [-0.05, 0) is 30.9 Å². The summed E-state index contributed by atoms with van der Waals surface area (Å²) in [5.74, 6) is -0.212. The van der Waals surface area contributed by atoms with Crippen molar-refractivity contribution in [3.8, 4) is 0 Å². The van der Waals surface area contributed by atoms with Crippen LogP contribution < -0.4 is 0 Å². The molecule has 0 unspecified atom stereocenters. The first-order valence-electron chi connectivity index (χ1n) is 6.79. The van der Waals surface area contributed by atoms with E-state index in [-0.39, 0.29) is 12.6 Å². The number of carbonyl (C=O) groups excluding carboxylic acids is 1. The number of ether oxygens (including phenoxy) is 1. The Morgan fingerprint density at radius 2 is 2.00 bits per heavy atom. The van der Waals surface area contributed by atoms with E-state index in [9.17, 15) is 4.79 Å². The molecule has 0 fully saturated rings. The maximum Gasteiger partial charge on any atom is 0.334 e. The van der Waals surface area contributed by atoms with Crippen molar-refractivity contribution in [1.82, 2.24) is 0 Å². The fourth-order valence-electron chi connectivity index (χ4n) is 2.52. The fraction of sp³-hybridized carbons (Fsp3) is 0.438. The molecule has 3 heteroatoms. The highest BCUT2D eigenvalue weighted by Gasteiger charge is 2.38. The lowest BCUT2D eigenvalue weighted by Gasteiger charge is -2.26. The number of aliphatic hydroxyl groups is 1. The van der Waals surface area contributed by atoms with E-state index < -0.39 is 5.60 Å². The van der Waals surface area contributed by atoms with Gasteiger partial charge in [0.25, 0.3) is 0 Å². The molecule has 0 saturated heterocycles. The lowest BCUT2D eigenvalue weighted by molar-refractivity contribution is -0.147. The standard InChI is InChI=1S/C16H20O3/c1-2-14-12-16(9-6-10-17,19-15(14)18)11-13-7-4-3-5-8-13/h3-5,7-8,12,17H,2,6,9-11H2,1H3/t16-/m0/s1. The maximum atomic E-state index is 11.8. The molecule has 1 heterocycles. The van der Waals surface area contributed by atoms with Gasteiger partial charge >= 0.3 is 5.97 Å². The molecule has 1 aliphatic rings. The molecule has 3 nitrogen and oxygen atoms in total. The predicted octanol–water partition coefficient (Wildman–Crippen LogP) is 2.63. The van der Waals surface area contributed by atoms with E-state index in [1.54, 1.807) is 0 Å². The number of hydrogen-bond donors (Lipinski definition) is 1. The second-order valence-electron chi connectivity index (χ2n) is 4.97. The normalized spacial score (nSPS) is 22.2. The molecule has 0 saturated carbocycles. The Hall–Kier alpha value is -1.61. The van der Waals surface area contributed by atoms with Crippen LogP contribution in [-0.4, -0.2) is 23.3 Å². The van der Waals surface area contributed by atoms with Gasteiger partial charge in [0.15, 0.2) is 0 Å². The van der Waals surface area contributed by atoms with Crippen molar-refractivity contribution in [3.05, 3.63) is 47.5 Å². The molecule has 1 aliphatic heterocycles. The average molecular weight is 260 g/mol. The highest BCUT2D eigenvalue weighted by atomic mass is 16.6. The van der Waals surface area contributed by atoms with E-state index in [0.29, 0.717) is 25.7 Å². The molecule has 1 atom stereocenters. The highest BCUT2D eigenvalue weighted by Crippen LogP contribution is 2.33. The van der Waals surface area contributed by atoms with Crippen molar-refractivity contribution >= 4 is 5.97 Å². The zero-order valence-corrected chi connectivity index (χ0v) is 11.3. The summed E-state index contributed by atoms with van der Waals surface area (Å²) < 4.78 is 5.62. The number of aliphatic hydroxyl groups excluding tert-OH is 1. The summed E-state index contributed by atoms with van der Waals surface area (Å²) in [4.78, 5) is 11.8. The average Bonchev–Trinajstić information content (AvgIpc) is 2.74. The third-order valence-electron chi connectivity index (χ3n) is 3.48. The van der Waals surface area contributed by atoms with E-state index >= 15 is 0 Å². The van der Waals surface area contributed by atoms with Crippen LogP contribution >= 0.6 is 0 Å². The van der Waals surface area contributed by atoms with Gasteiger partial charge < -0.3 is 9.84 Å². The van der Waals surface area contributed by atoms with Gasteiger partial charge in [-0.3, -0.25) is 0 Å². The zero-order valence-electron chi connectivity index (χ0n) is 11.3. The molecule has 1 aromatic carbocycles. The summed E-state index contributed by atoms with van der Waals surface area (Å²) in [5, 5.41) is 9.03. The Morgan fingerprint density at radius 1 is 1.26 bits per heavy atom. The van der Waals surface area contributed by atoms with Crippen LogP contribution in [0.4, 0.5) is 0 Å². The Labute approximate surface area is 113 Å². The van der Waals surface area contributed by atoms with Crippen molar-refractivity contribution in [3.63, 3.8) is 0 Å². The highest BCUT2D eigenvalue weighted by molar-refractivity contribution is 5.91. The molecule has 2 rings (SSSR count). The first-order chi connectivity index (χ1) is 9.19. The number of cyclic esters (lactones) is 1. The van der Waals surface area contributed by atoms with E-state index in [2.05, 4.69) is 0 Å². The quantitative estimate of drug-likeness (QED) is 0.800. The molecule has 0 aliphatic carbocycles. The fourth-order valence-corrected chi connectivity index (χ4v) is 2.52. The maximum absolute atomic E-state index is 11.8. The molecule has 19 heavy (non-hydrogen) atoms. The van der Waals surface area contributed by atoms with Gasteiger partial charge in [-0.1, -0.05) is 37.3 Å². The van der Waals surface area contributed by atoms with Crippen LogP contribution in [0.15, 0.2) is 42.0 Å². The van der Waals surface area contributed by atoms with E-state index in [1.165, 1.54) is 0 Å². The lowest BCUT2D eigenvalue weighted by atomic mass is 9.89. The third kappa shape index (κ3) is 3.24. The van der Waals surface area contributed by atoms with Crippen LogP contribution in [0.5, 0.6) is 0 Å². The van der Waals surface area contributed by atoms with Gasteiger partial charge in [0, 0.05) is 18.6 Å². The smallest absolute Gasteiger partial charge is 0.334 e. The van der Waals surface area contributed by atoms with Gasteiger partial charge in [-0.15, -0.1) is 0 Å². The number of esters is 1. The first-order valence-corrected chi connectivity index (χ1v) is 6.79. The second-order valence-corrected chi connectivity index (χ2v) is 4.97. The number of hydrogen-bond acceptors (Lipinski definition) is 3. The second kappa shape index (κ2) is 6.02. The van der Waals surface area contributed by atoms with Crippen LogP contribution in [0.25, 0.3) is 0 Å². The number of benzene rings is 1. The molecule has 1 aromatic rings. The minimum absolute atomic E-state index is 0.114. The summed E-state index contributed by atoms with van der Waals surface area (Å²) >= 11 is 0. The van der Waals surface area contributed by atoms with E-state index in [1.807, 2.05) is 43.3 Å². The zero-order chi connectivity index (χ0) is 13.7. The summed E-state index contributed by atoms with van der Waals surface area (Å²) in [7, 11) is 0. The van der Waals surface area contributed by atoms with Crippen LogP contribution in [0.1, 0.15) is 31.7 Å². The minimum atomic E-state index is -0.577. The Morgan fingerprint density at radius 3 is 2.58 bits per heavy atom. The predicted molar refractivity (Wildman–Crippen MR) is 73.7 cm³/mol. The lowest BCUT2D eigenvalue weighted by Crippen LogP contribution is -2.31. The Bertz CT molecular complexity index is 464. The van der Waals surface area contributed by atoms with Gasteiger partial charge in [-0.2, -0.15) is 0 Å². The van der Waals surface area contributed by atoms with Crippen molar-refractivity contribution in [2.24, 2.45) is 0 Å². The Balaban J connectivity index is 2.21. The van der Waals surface area contributed by atoms with Crippen molar-refractivity contribution in [2.75, 3.05) is 6.61 Å².